The van der Waals surface area contributed by atoms with E-state index >= 15 is 0 Å². The lowest BCUT2D eigenvalue weighted by Crippen LogP contribution is -2.40. The number of hydrogen-bond donors (Lipinski definition) is 2. The van der Waals surface area contributed by atoms with Crippen LogP contribution in [0.4, 0.5) is 11.8 Å². The van der Waals surface area contributed by atoms with Crippen molar-refractivity contribution >= 4 is 46.6 Å². The van der Waals surface area contributed by atoms with Gasteiger partial charge < -0.3 is 20.1 Å². The molecule has 0 bridgehead atoms. The first-order valence-electron chi connectivity index (χ1n) is 11.4. The lowest BCUT2D eigenvalue weighted by molar-refractivity contribution is -0.0182. The van der Waals surface area contributed by atoms with Crippen LogP contribution in [-0.4, -0.2) is 71.5 Å². The molecule has 0 amide bonds. The van der Waals surface area contributed by atoms with Gasteiger partial charge in [0, 0.05) is 42.8 Å². The minimum Gasteiger partial charge on any atom is -0.395 e. The molecule has 2 N–H and O–H groups in total. The average molecular weight is 515 g/mol. The molecule has 3 heterocycles. The number of nitrogens with one attached hydrogen (secondary N) is 1. The zero-order chi connectivity index (χ0) is 23.4. The molecular formula is C23H30Cl3N5O2. The van der Waals surface area contributed by atoms with E-state index in [1.165, 1.54) is 0 Å². The van der Waals surface area contributed by atoms with Gasteiger partial charge in [0.2, 0.25) is 5.95 Å². The van der Waals surface area contributed by atoms with E-state index in [1.54, 1.807) is 12.3 Å². The quantitative estimate of drug-likeness (QED) is 0.531. The fourth-order valence-electron chi connectivity index (χ4n) is 4.46. The summed E-state index contributed by atoms with van der Waals surface area (Å²) >= 11 is 18.8. The maximum Gasteiger partial charge on any atom is 0.227 e. The second kappa shape index (κ2) is 11.4. The van der Waals surface area contributed by atoms with Gasteiger partial charge in [-0.3, -0.25) is 4.90 Å². The number of aliphatic hydroxyl groups is 1. The highest BCUT2D eigenvalue weighted by atomic mass is 35.5. The Balaban J connectivity index is 1.33. The van der Waals surface area contributed by atoms with Gasteiger partial charge in [-0.15, -0.1) is 0 Å². The summed E-state index contributed by atoms with van der Waals surface area (Å²) < 4.78 is 6.33. The molecule has 0 unspecified atom stereocenters. The SMILES string of the molecule is C[C@@H](Nc1nc(N2CCC(O[C@H]3CCN(CCO)C3)CC2)ncc1Cl)c1ccc(Cl)cc1Cl. The van der Waals surface area contributed by atoms with E-state index in [-0.39, 0.29) is 24.9 Å². The van der Waals surface area contributed by atoms with Gasteiger partial charge in [-0.25, -0.2) is 4.98 Å². The Morgan fingerprint density at radius 2 is 1.88 bits per heavy atom. The smallest absolute Gasteiger partial charge is 0.227 e. The number of benzene rings is 1. The first kappa shape index (κ1) is 24.8. The standard InChI is InChI=1S/C23H30Cl3N5O2/c1-15(19-3-2-16(24)12-20(19)25)28-22-21(26)13-27-23(29-22)31-8-5-17(6-9-31)33-18-4-7-30(14-18)10-11-32/h2-3,12-13,15,17-18,32H,4-11,14H2,1H3,(H,27,28,29)/t15-,18+/m1/s1. The van der Waals surface area contributed by atoms with E-state index in [2.05, 4.69) is 20.1 Å². The molecule has 2 atom stereocenters. The van der Waals surface area contributed by atoms with E-state index < -0.39 is 0 Å². The molecule has 1 aromatic carbocycles. The normalized spacial score (nSPS) is 20.9. The van der Waals surface area contributed by atoms with E-state index in [0.717, 1.165) is 57.5 Å². The number of halogens is 3. The number of aromatic nitrogens is 2. The molecule has 10 heteroatoms. The Kier molecular flexibility index (Phi) is 8.54. The van der Waals surface area contributed by atoms with Crippen LogP contribution >= 0.6 is 34.8 Å². The number of ether oxygens (including phenoxy) is 1. The van der Waals surface area contributed by atoms with Gasteiger partial charge in [0.05, 0.1) is 31.1 Å². The lowest BCUT2D eigenvalue weighted by Gasteiger charge is -2.33. The number of anilines is 2. The van der Waals surface area contributed by atoms with Gasteiger partial charge >= 0.3 is 0 Å². The van der Waals surface area contributed by atoms with Crippen LogP contribution in [0.5, 0.6) is 0 Å². The third-order valence-electron chi connectivity index (χ3n) is 6.27. The van der Waals surface area contributed by atoms with Crippen LogP contribution in [0.25, 0.3) is 0 Å². The second-order valence-electron chi connectivity index (χ2n) is 8.66. The van der Waals surface area contributed by atoms with Gasteiger partial charge in [0.15, 0.2) is 5.82 Å². The Bertz CT molecular complexity index is 942. The first-order chi connectivity index (χ1) is 15.9. The summed E-state index contributed by atoms with van der Waals surface area (Å²) in [5.74, 6) is 1.23. The van der Waals surface area contributed by atoms with Crippen LogP contribution in [0.3, 0.4) is 0 Å². The highest BCUT2D eigenvalue weighted by Crippen LogP contribution is 2.31. The maximum absolute atomic E-state index is 9.11. The average Bonchev–Trinajstić information content (AvgIpc) is 3.23. The van der Waals surface area contributed by atoms with Crippen molar-refractivity contribution in [1.82, 2.24) is 14.9 Å². The van der Waals surface area contributed by atoms with E-state index in [0.29, 0.717) is 26.8 Å². The van der Waals surface area contributed by atoms with Crippen molar-refractivity contribution in [3.05, 3.63) is 45.0 Å². The van der Waals surface area contributed by atoms with Crippen molar-refractivity contribution in [3.63, 3.8) is 0 Å². The summed E-state index contributed by atoms with van der Waals surface area (Å²) in [6.45, 7) is 6.50. The Morgan fingerprint density at radius 1 is 1.12 bits per heavy atom. The summed E-state index contributed by atoms with van der Waals surface area (Å²) in [5, 5.41) is 14.1. The predicted octanol–water partition coefficient (Wildman–Crippen LogP) is 4.66. The summed E-state index contributed by atoms with van der Waals surface area (Å²) in [5.41, 5.74) is 0.916. The molecule has 2 aromatic rings. The highest BCUT2D eigenvalue weighted by Gasteiger charge is 2.28. The molecule has 33 heavy (non-hydrogen) atoms. The number of rotatable bonds is 8. The van der Waals surface area contributed by atoms with Gasteiger partial charge in [0.1, 0.15) is 5.02 Å². The number of likely N-dealkylation sites (tertiary alicyclic amines) is 1. The van der Waals surface area contributed by atoms with Crippen molar-refractivity contribution in [2.45, 2.75) is 44.4 Å². The number of hydrogen-bond acceptors (Lipinski definition) is 7. The van der Waals surface area contributed by atoms with Gasteiger partial charge in [-0.1, -0.05) is 40.9 Å². The molecule has 0 spiro atoms. The van der Waals surface area contributed by atoms with Gasteiger partial charge in [-0.05, 0) is 43.9 Å². The Hall–Kier alpha value is -1.35. The molecule has 2 saturated heterocycles. The second-order valence-corrected chi connectivity index (χ2v) is 9.91. The largest absolute Gasteiger partial charge is 0.395 e. The van der Waals surface area contributed by atoms with Crippen molar-refractivity contribution in [2.75, 3.05) is 49.5 Å². The molecule has 1 aromatic heterocycles. The van der Waals surface area contributed by atoms with Crippen LogP contribution in [0.2, 0.25) is 15.1 Å². The topological polar surface area (TPSA) is 73.8 Å². The monoisotopic (exact) mass is 513 g/mol. The van der Waals surface area contributed by atoms with E-state index in [4.69, 9.17) is 49.6 Å². The number of nitrogens with zero attached hydrogens (tertiary/aromatic N) is 4. The molecule has 2 aliphatic rings. The fourth-order valence-corrected chi connectivity index (χ4v) is 5.18. The molecular weight excluding hydrogens is 485 g/mol. The van der Waals surface area contributed by atoms with Gasteiger partial charge in [-0.2, -0.15) is 4.98 Å². The molecule has 4 rings (SSSR count). The summed E-state index contributed by atoms with van der Waals surface area (Å²) in [4.78, 5) is 13.6. The van der Waals surface area contributed by atoms with Crippen molar-refractivity contribution < 1.29 is 9.84 Å². The minimum atomic E-state index is -0.106. The molecule has 0 aliphatic carbocycles. The van der Waals surface area contributed by atoms with E-state index in [1.807, 2.05) is 19.1 Å². The number of piperidine rings is 1. The van der Waals surface area contributed by atoms with Crippen molar-refractivity contribution in [2.24, 2.45) is 0 Å². The summed E-state index contributed by atoms with van der Waals surface area (Å²) in [6, 6.07) is 5.34. The van der Waals surface area contributed by atoms with Crippen LogP contribution < -0.4 is 10.2 Å². The maximum atomic E-state index is 9.11. The van der Waals surface area contributed by atoms with Crippen molar-refractivity contribution in [3.8, 4) is 0 Å². The summed E-state index contributed by atoms with van der Waals surface area (Å²) in [6.07, 6.45) is 5.04. The third kappa shape index (κ3) is 6.41. The molecule has 180 valence electrons. The number of aliphatic hydroxyl groups excluding tert-OH is 1. The van der Waals surface area contributed by atoms with Crippen LogP contribution in [-0.2, 0) is 4.74 Å². The Morgan fingerprint density at radius 3 is 2.61 bits per heavy atom. The van der Waals surface area contributed by atoms with Crippen molar-refractivity contribution in [1.29, 1.82) is 0 Å². The third-order valence-corrected chi connectivity index (χ3v) is 7.11. The van der Waals surface area contributed by atoms with Crippen LogP contribution in [0.15, 0.2) is 24.4 Å². The first-order valence-corrected chi connectivity index (χ1v) is 12.5. The van der Waals surface area contributed by atoms with E-state index in [9.17, 15) is 0 Å². The minimum absolute atomic E-state index is 0.106. The fraction of sp³-hybridized carbons (Fsp3) is 0.565. The molecule has 0 radical (unpaired) electrons. The van der Waals surface area contributed by atoms with Crippen LogP contribution in [0, 0.1) is 0 Å². The predicted molar refractivity (Wildman–Crippen MR) is 134 cm³/mol. The highest BCUT2D eigenvalue weighted by molar-refractivity contribution is 6.35. The lowest BCUT2D eigenvalue weighted by atomic mass is 10.1. The zero-order valence-electron chi connectivity index (χ0n) is 18.7. The molecule has 0 saturated carbocycles. The van der Waals surface area contributed by atoms with Crippen LogP contribution in [0.1, 0.15) is 37.8 Å². The molecule has 2 fully saturated rings. The zero-order valence-corrected chi connectivity index (χ0v) is 21.0. The van der Waals surface area contributed by atoms with Gasteiger partial charge in [0.25, 0.3) is 0 Å². The molecule has 7 nitrogen and oxygen atoms in total. The Labute approximate surface area is 210 Å². The number of β-amino-alcohol motifs (C(OH)–C–C–N with tert-alkyl or cyclic N) is 1. The summed E-state index contributed by atoms with van der Waals surface area (Å²) in [7, 11) is 0. The molecule has 2 aliphatic heterocycles.